The second kappa shape index (κ2) is 5.86. The standard InChI is InChI=1S/C13H14F2O4/c14-13(15)9-7-11-10(18-4-5-19-11)6-8(9)2-1-3-12(16)17/h6-7,13H,1-5H2,(H,16,17). The third-order valence-electron chi connectivity index (χ3n) is 2.88. The van der Waals surface area contributed by atoms with Gasteiger partial charge in [0.05, 0.1) is 0 Å². The summed E-state index contributed by atoms with van der Waals surface area (Å²) >= 11 is 0. The van der Waals surface area contributed by atoms with E-state index in [1.165, 1.54) is 12.1 Å². The Bertz CT molecular complexity index is 474. The summed E-state index contributed by atoms with van der Waals surface area (Å²) in [5.74, 6) is -0.166. The highest BCUT2D eigenvalue weighted by Gasteiger charge is 2.20. The van der Waals surface area contributed by atoms with E-state index in [0.29, 0.717) is 36.7 Å². The molecule has 0 aromatic heterocycles. The third-order valence-corrected chi connectivity index (χ3v) is 2.88. The molecule has 1 aromatic carbocycles. The first kappa shape index (κ1) is 13.6. The highest BCUT2D eigenvalue weighted by atomic mass is 19.3. The van der Waals surface area contributed by atoms with Gasteiger partial charge in [-0.2, -0.15) is 0 Å². The van der Waals surface area contributed by atoms with Crippen molar-refractivity contribution in [1.29, 1.82) is 0 Å². The van der Waals surface area contributed by atoms with Gasteiger partial charge in [0.15, 0.2) is 11.5 Å². The molecule has 0 spiro atoms. The van der Waals surface area contributed by atoms with Gasteiger partial charge in [-0.05, 0) is 30.5 Å². The summed E-state index contributed by atoms with van der Waals surface area (Å²) in [6, 6.07) is 2.81. The van der Waals surface area contributed by atoms with Crippen molar-refractivity contribution in [3.05, 3.63) is 23.3 Å². The van der Waals surface area contributed by atoms with Crippen LogP contribution in [0.2, 0.25) is 0 Å². The number of benzene rings is 1. The molecular weight excluding hydrogens is 258 g/mol. The molecule has 1 aliphatic heterocycles. The van der Waals surface area contributed by atoms with Gasteiger partial charge in [0, 0.05) is 12.0 Å². The number of aryl methyl sites for hydroxylation is 1. The van der Waals surface area contributed by atoms with Crippen LogP contribution >= 0.6 is 0 Å². The summed E-state index contributed by atoms with van der Waals surface area (Å²) in [7, 11) is 0. The number of rotatable bonds is 5. The van der Waals surface area contributed by atoms with Crippen molar-refractivity contribution in [2.24, 2.45) is 0 Å². The molecule has 0 atom stereocenters. The molecular formula is C13H14F2O4. The molecule has 4 nitrogen and oxygen atoms in total. The van der Waals surface area contributed by atoms with Crippen LogP contribution < -0.4 is 9.47 Å². The topological polar surface area (TPSA) is 55.8 Å². The van der Waals surface area contributed by atoms with Crippen molar-refractivity contribution in [1.82, 2.24) is 0 Å². The Labute approximate surface area is 108 Å². The van der Waals surface area contributed by atoms with Crippen molar-refractivity contribution in [2.45, 2.75) is 25.7 Å². The lowest BCUT2D eigenvalue weighted by molar-refractivity contribution is -0.137. The molecule has 0 amide bonds. The largest absolute Gasteiger partial charge is 0.486 e. The summed E-state index contributed by atoms with van der Waals surface area (Å²) in [5.41, 5.74) is 0.301. The second-order valence-electron chi connectivity index (χ2n) is 4.24. The van der Waals surface area contributed by atoms with Crippen molar-refractivity contribution in [3.8, 4) is 11.5 Å². The Morgan fingerprint density at radius 3 is 2.47 bits per heavy atom. The molecule has 1 N–H and O–H groups in total. The lowest BCUT2D eigenvalue weighted by Gasteiger charge is -2.21. The number of carboxylic acid groups (broad SMARTS) is 1. The minimum atomic E-state index is -2.62. The molecule has 0 fully saturated rings. The minimum absolute atomic E-state index is 0.0445. The van der Waals surface area contributed by atoms with E-state index < -0.39 is 12.4 Å². The molecule has 1 heterocycles. The van der Waals surface area contributed by atoms with Crippen molar-refractivity contribution in [2.75, 3.05) is 13.2 Å². The van der Waals surface area contributed by atoms with Crippen LogP contribution in [0.25, 0.3) is 0 Å². The molecule has 0 unspecified atom stereocenters. The Kier molecular flexibility index (Phi) is 4.19. The molecule has 0 saturated carbocycles. The quantitative estimate of drug-likeness (QED) is 0.895. The first-order valence-corrected chi connectivity index (χ1v) is 6.00. The summed E-state index contributed by atoms with van der Waals surface area (Å²) in [5, 5.41) is 8.57. The third kappa shape index (κ3) is 3.33. The Morgan fingerprint density at radius 1 is 1.26 bits per heavy atom. The summed E-state index contributed by atoms with van der Waals surface area (Å²) in [4.78, 5) is 10.4. The average molecular weight is 272 g/mol. The maximum absolute atomic E-state index is 13.0. The van der Waals surface area contributed by atoms with Crippen LogP contribution in [0.4, 0.5) is 8.78 Å². The number of ether oxygens (including phenoxy) is 2. The molecule has 6 heteroatoms. The minimum Gasteiger partial charge on any atom is -0.486 e. The molecule has 0 saturated heterocycles. The monoisotopic (exact) mass is 272 g/mol. The van der Waals surface area contributed by atoms with Gasteiger partial charge < -0.3 is 14.6 Å². The highest BCUT2D eigenvalue weighted by Crippen LogP contribution is 2.37. The fraction of sp³-hybridized carbons (Fsp3) is 0.462. The highest BCUT2D eigenvalue weighted by molar-refractivity contribution is 5.66. The van der Waals surface area contributed by atoms with E-state index in [2.05, 4.69) is 0 Å². The van der Waals surface area contributed by atoms with Gasteiger partial charge in [-0.25, -0.2) is 8.78 Å². The molecule has 1 aromatic rings. The SMILES string of the molecule is O=C(O)CCCc1cc2c(cc1C(F)F)OCCO2. The zero-order valence-electron chi connectivity index (χ0n) is 10.2. The van der Waals surface area contributed by atoms with Gasteiger partial charge in [0.25, 0.3) is 6.43 Å². The zero-order valence-corrected chi connectivity index (χ0v) is 10.2. The van der Waals surface area contributed by atoms with Crippen molar-refractivity contribution < 1.29 is 28.2 Å². The van der Waals surface area contributed by atoms with E-state index >= 15 is 0 Å². The fourth-order valence-electron chi connectivity index (χ4n) is 2.00. The number of hydrogen-bond donors (Lipinski definition) is 1. The molecule has 0 radical (unpaired) electrons. The average Bonchev–Trinajstić information content (AvgIpc) is 2.37. The number of carbonyl (C=O) groups is 1. The molecule has 104 valence electrons. The molecule has 2 rings (SSSR count). The number of carboxylic acids is 1. The van der Waals surface area contributed by atoms with Crippen molar-refractivity contribution >= 4 is 5.97 Å². The van der Waals surface area contributed by atoms with Gasteiger partial charge in [-0.3, -0.25) is 4.79 Å². The lowest BCUT2D eigenvalue weighted by atomic mass is 10.0. The maximum atomic E-state index is 13.0. The normalized spacial score (nSPS) is 13.6. The van der Waals surface area contributed by atoms with E-state index in [1.54, 1.807) is 0 Å². The predicted octanol–water partition coefficient (Wildman–Crippen LogP) is 2.80. The van der Waals surface area contributed by atoms with Crippen LogP contribution in [0, 0.1) is 0 Å². The number of fused-ring (bicyclic) bond motifs is 1. The van der Waals surface area contributed by atoms with Crippen molar-refractivity contribution in [3.63, 3.8) is 0 Å². The van der Waals surface area contributed by atoms with Crippen LogP contribution in [0.1, 0.15) is 30.4 Å². The molecule has 0 aliphatic carbocycles. The van der Waals surface area contributed by atoms with Gasteiger partial charge >= 0.3 is 5.97 Å². The number of aliphatic carboxylic acids is 1. The van der Waals surface area contributed by atoms with Gasteiger partial charge in [-0.1, -0.05) is 0 Å². The second-order valence-corrected chi connectivity index (χ2v) is 4.24. The molecule has 19 heavy (non-hydrogen) atoms. The van der Waals surface area contributed by atoms with Crippen LogP contribution in [0.15, 0.2) is 12.1 Å². The number of alkyl halides is 2. The Balaban J connectivity index is 2.21. The van der Waals surface area contributed by atoms with Gasteiger partial charge in [0.1, 0.15) is 13.2 Å². The van der Waals surface area contributed by atoms with Gasteiger partial charge in [-0.15, -0.1) is 0 Å². The van der Waals surface area contributed by atoms with E-state index in [1.807, 2.05) is 0 Å². The van der Waals surface area contributed by atoms with Crippen LogP contribution in [0.5, 0.6) is 11.5 Å². The lowest BCUT2D eigenvalue weighted by Crippen LogP contribution is -2.16. The smallest absolute Gasteiger partial charge is 0.303 e. The summed E-state index contributed by atoms with van der Waals surface area (Å²) < 4.78 is 36.5. The van der Waals surface area contributed by atoms with Gasteiger partial charge in [0.2, 0.25) is 0 Å². The first-order valence-electron chi connectivity index (χ1n) is 6.00. The number of hydrogen-bond acceptors (Lipinski definition) is 3. The van der Waals surface area contributed by atoms with Crippen LogP contribution in [-0.2, 0) is 11.2 Å². The van der Waals surface area contributed by atoms with E-state index in [9.17, 15) is 13.6 Å². The number of halogens is 2. The maximum Gasteiger partial charge on any atom is 0.303 e. The summed E-state index contributed by atoms with van der Waals surface area (Å²) in [6.45, 7) is 0.726. The van der Waals surface area contributed by atoms with E-state index in [-0.39, 0.29) is 18.4 Å². The summed E-state index contributed by atoms with van der Waals surface area (Å²) in [6.07, 6.45) is -2.07. The van der Waals surface area contributed by atoms with E-state index in [0.717, 1.165) is 0 Å². The molecule has 1 aliphatic rings. The zero-order chi connectivity index (χ0) is 13.8. The predicted molar refractivity (Wildman–Crippen MR) is 63.0 cm³/mol. The Morgan fingerprint density at radius 2 is 1.89 bits per heavy atom. The van der Waals surface area contributed by atoms with Crippen LogP contribution in [-0.4, -0.2) is 24.3 Å². The van der Waals surface area contributed by atoms with Crippen LogP contribution in [0.3, 0.4) is 0 Å². The first-order chi connectivity index (χ1) is 9.08. The fourth-order valence-corrected chi connectivity index (χ4v) is 2.00. The van der Waals surface area contributed by atoms with E-state index in [4.69, 9.17) is 14.6 Å². The molecule has 0 bridgehead atoms. The Hall–Kier alpha value is -1.85.